The van der Waals surface area contributed by atoms with Crippen LogP contribution in [0, 0.1) is 11.8 Å². The van der Waals surface area contributed by atoms with Crippen LogP contribution in [-0.4, -0.2) is 47.7 Å². The van der Waals surface area contributed by atoms with Crippen LogP contribution in [0.2, 0.25) is 0 Å². The molecule has 27 heavy (non-hydrogen) atoms. The van der Waals surface area contributed by atoms with Crippen molar-refractivity contribution in [2.45, 2.75) is 44.6 Å². The number of likely N-dealkylation sites (tertiary alicyclic amines) is 2. The molecule has 3 atom stereocenters. The molecule has 0 radical (unpaired) electrons. The van der Waals surface area contributed by atoms with Crippen molar-refractivity contribution in [3.05, 3.63) is 29.8 Å². The first-order valence-electron chi connectivity index (χ1n) is 9.89. The predicted octanol–water partition coefficient (Wildman–Crippen LogP) is 2.53. The maximum absolute atomic E-state index is 13.0. The van der Waals surface area contributed by atoms with Gasteiger partial charge in [-0.2, -0.15) is 0 Å². The molecule has 144 valence electrons. The Morgan fingerprint density at radius 2 is 1.78 bits per heavy atom. The van der Waals surface area contributed by atoms with Crippen LogP contribution in [0.4, 0.5) is 0 Å². The van der Waals surface area contributed by atoms with Crippen LogP contribution in [0.1, 0.15) is 50.1 Å². The van der Waals surface area contributed by atoms with Crippen LogP contribution in [0.3, 0.4) is 0 Å². The molecule has 2 heterocycles. The Hall–Kier alpha value is -2.37. The van der Waals surface area contributed by atoms with E-state index in [2.05, 4.69) is 0 Å². The third kappa shape index (κ3) is 3.22. The molecule has 6 heteroatoms. The van der Waals surface area contributed by atoms with Crippen LogP contribution in [-0.2, 0) is 14.4 Å². The lowest BCUT2D eigenvalue weighted by molar-refractivity contribution is -0.147. The average molecular weight is 370 g/mol. The number of nitrogens with zero attached hydrogens (tertiary/aromatic N) is 2. The monoisotopic (exact) mass is 370 g/mol. The molecular formula is C21H26N2O4. The Labute approximate surface area is 159 Å². The highest BCUT2D eigenvalue weighted by atomic mass is 16.5. The number of imide groups is 1. The molecule has 2 saturated heterocycles. The standard InChI is InChI=1S/C21H26N2O4/c1-27-15-7-4-6-14(12-15)18-10-5-11-22(18)19(24)13-23-20(25)16-8-2-3-9-17(16)21(23)26/h4,6-7,12,16-18H,2-3,5,8-11,13H2,1H3. The Morgan fingerprint density at radius 3 is 2.44 bits per heavy atom. The minimum absolute atomic E-state index is 0.0253. The quantitative estimate of drug-likeness (QED) is 0.764. The van der Waals surface area contributed by atoms with Gasteiger partial charge in [-0.05, 0) is 43.4 Å². The molecule has 1 aliphatic carbocycles. The number of hydrogen-bond donors (Lipinski definition) is 0. The molecule has 2 aliphatic heterocycles. The van der Waals surface area contributed by atoms with Crippen molar-refractivity contribution in [3.8, 4) is 5.75 Å². The lowest BCUT2D eigenvalue weighted by Crippen LogP contribution is -2.43. The van der Waals surface area contributed by atoms with Crippen molar-refractivity contribution in [2.24, 2.45) is 11.8 Å². The SMILES string of the molecule is COc1cccc(C2CCCN2C(=O)CN2C(=O)C3CCCCC3C2=O)c1. The number of methoxy groups -OCH3 is 1. The van der Waals surface area contributed by atoms with Gasteiger partial charge in [-0.1, -0.05) is 25.0 Å². The van der Waals surface area contributed by atoms with Gasteiger partial charge < -0.3 is 9.64 Å². The molecule has 1 aromatic carbocycles. The topological polar surface area (TPSA) is 66.9 Å². The number of amides is 3. The summed E-state index contributed by atoms with van der Waals surface area (Å²) in [5.41, 5.74) is 1.04. The van der Waals surface area contributed by atoms with Gasteiger partial charge in [0.25, 0.3) is 0 Å². The highest BCUT2D eigenvalue weighted by Crippen LogP contribution is 2.39. The lowest BCUT2D eigenvalue weighted by atomic mass is 9.81. The van der Waals surface area contributed by atoms with E-state index in [4.69, 9.17) is 4.74 Å². The van der Waals surface area contributed by atoms with E-state index in [9.17, 15) is 14.4 Å². The molecule has 3 fully saturated rings. The number of hydrogen-bond acceptors (Lipinski definition) is 4. The van der Waals surface area contributed by atoms with Crippen molar-refractivity contribution in [2.75, 3.05) is 20.2 Å². The molecule has 1 aromatic rings. The summed E-state index contributed by atoms with van der Waals surface area (Å²) in [6, 6.07) is 7.74. The van der Waals surface area contributed by atoms with E-state index < -0.39 is 0 Å². The van der Waals surface area contributed by atoms with E-state index in [1.54, 1.807) is 7.11 Å². The summed E-state index contributed by atoms with van der Waals surface area (Å²) in [5.74, 6) is -0.0644. The zero-order valence-corrected chi connectivity index (χ0v) is 15.7. The van der Waals surface area contributed by atoms with Crippen molar-refractivity contribution < 1.29 is 19.1 Å². The smallest absolute Gasteiger partial charge is 0.243 e. The third-order valence-corrected chi connectivity index (χ3v) is 6.28. The Bertz CT molecular complexity index is 738. The number of fused-ring (bicyclic) bond motifs is 1. The van der Waals surface area contributed by atoms with Crippen LogP contribution in [0.25, 0.3) is 0 Å². The number of benzene rings is 1. The van der Waals surface area contributed by atoms with Crippen LogP contribution >= 0.6 is 0 Å². The van der Waals surface area contributed by atoms with E-state index in [0.717, 1.165) is 49.8 Å². The van der Waals surface area contributed by atoms with Gasteiger partial charge >= 0.3 is 0 Å². The first-order chi connectivity index (χ1) is 13.1. The fourth-order valence-corrected chi connectivity index (χ4v) is 4.87. The van der Waals surface area contributed by atoms with Gasteiger partial charge in [-0.15, -0.1) is 0 Å². The molecule has 1 saturated carbocycles. The first-order valence-corrected chi connectivity index (χ1v) is 9.89. The van der Waals surface area contributed by atoms with Gasteiger partial charge in [0, 0.05) is 6.54 Å². The third-order valence-electron chi connectivity index (χ3n) is 6.28. The first kappa shape index (κ1) is 18.0. The second kappa shape index (κ2) is 7.33. The number of rotatable bonds is 4. The molecule has 4 rings (SSSR count). The normalized spacial score (nSPS) is 27.8. The lowest BCUT2D eigenvalue weighted by Gasteiger charge is -2.27. The van der Waals surface area contributed by atoms with Crippen LogP contribution in [0.5, 0.6) is 5.75 Å². The summed E-state index contributed by atoms with van der Waals surface area (Å²) < 4.78 is 5.30. The van der Waals surface area contributed by atoms with E-state index >= 15 is 0 Å². The molecule has 3 amide bonds. The minimum Gasteiger partial charge on any atom is -0.497 e. The summed E-state index contributed by atoms with van der Waals surface area (Å²) in [4.78, 5) is 41.3. The van der Waals surface area contributed by atoms with Gasteiger partial charge in [0.2, 0.25) is 17.7 Å². The zero-order valence-electron chi connectivity index (χ0n) is 15.7. The Kier molecular flexibility index (Phi) is 4.89. The summed E-state index contributed by atoms with van der Waals surface area (Å²) in [6.45, 7) is 0.537. The molecular weight excluding hydrogens is 344 g/mol. The molecule has 0 bridgehead atoms. The largest absolute Gasteiger partial charge is 0.497 e. The van der Waals surface area contributed by atoms with Gasteiger partial charge in [-0.3, -0.25) is 19.3 Å². The zero-order chi connectivity index (χ0) is 19.0. The minimum atomic E-state index is -0.202. The number of carbonyl (C=O) groups is 3. The fraction of sp³-hybridized carbons (Fsp3) is 0.571. The second-order valence-electron chi connectivity index (χ2n) is 7.78. The van der Waals surface area contributed by atoms with Crippen LogP contribution < -0.4 is 4.74 Å². The van der Waals surface area contributed by atoms with E-state index in [-0.39, 0.29) is 42.1 Å². The summed E-state index contributed by atoms with van der Waals surface area (Å²) in [5, 5.41) is 0. The Balaban J connectivity index is 1.49. The van der Waals surface area contributed by atoms with Gasteiger partial charge in [0.05, 0.1) is 25.0 Å². The molecule has 3 aliphatic rings. The Morgan fingerprint density at radius 1 is 1.07 bits per heavy atom. The molecule has 0 spiro atoms. The predicted molar refractivity (Wildman–Crippen MR) is 98.9 cm³/mol. The highest BCUT2D eigenvalue weighted by molar-refractivity contribution is 6.07. The molecule has 0 N–H and O–H groups in total. The summed E-state index contributed by atoms with van der Waals surface area (Å²) in [6.07, 6.45) is 5.33. The summed E-state index contributed by atoms with van der Waals surface area (Å²) in [7, 11) is 1.63. The van der Waals surface area contributed by atoms with E-state index in [1.165, 1.54) is 4.90 Å². The highest BCUT2D eigenvalue weighted by Gasteiger charge is 2.49. The van der Waals surface area contributed by atoms with Crippen molar-refractivity contribution in [1.82, 2.24) is 9.80 Å². The fourth-order valence-electron chi connectivity index (χ4n) is 4.87. The summed E-state index contributed by atoms with van der Waals surface area (Å²) >= 11 is 0. The molecule has 0 aromatic heterocycles. The van der Waals surface area contributed by atoms with Crippen molar-refractivity contribution in [3.63, 3.8) is 0 Å². The average Bonchev–Trinajstić information content (AvgIpc) is 3.28. The maximum Gasteiger partial charge on any atom is 0.243 e. The number of ether oxygens (including phenoxy) is 1. The van der Waals surface area contributed by atoms with Crippen molar-refractivity contribution >= 4 is 17.7 Å². The van der Waals surface area contributed by atoms with Crippen molar-refractivity contribution in [1.29, 1.82) is 0 Å². The maximum atomic E-state index is 13.0. The van der Waals surface area contributed by atoms with Gasteiger partial charge in [0.15, 0.2) is 0 Å². The van der Waals surface area contributed by atoms with E-state index in [0.29, 0.717) is 6.54 Å². The van der Waals surface area contributed by atoms with E-state index in [1.807, 2.05) is 29.2 Å². The van der Waals surface area contributed by atoms with Gasteiger partial charge in [0.1, 0.15) is 12.3 Å². The van der Waals surface area contributed by atoms with Crippen LogP contribution in [0.15, 0.2) is 24.3 Å². The second-order valence-corrected chi connectivity index (χ2v) is 7.78. The molecule has 6 nitrogen and oxygen atoms in total. The van der Waals surface area contributed by atoms with Gasteiger partial charge in [-0.25, -0.2) is 0 Å². The molecule has 3 unspecified atom stereocenters. The number of carbonyl (C=O) groups excluding carboxylic acids is 3.